The van der Waals surface area contributed by atoms with Crippen molar-refractivity contribution in [3.05, 3.63) is 38.0 Å². The SMILES string of the molecule is C=CC(=O)NCN(CCCN(CCN(C)C)[C@@](C)(CC)CNC(=O)C=C)CCC(=O)NCCSSCCNC(=O)CCC(C)(C)CNC(=O)C=C. The van der Waals surface area contributed by atoms with E-state index in [2.05, 4.69) is 74.9 Å². The number of hydrogen-bond acceptors (Lipinski definition) is 10. The summed E-state index contributed by atoms with van der Waals surface area (Å²) in [5.74, 6) is 0.753. The number of nitrogens with one attached hydrogen (secondary N) is 5. The molecule has 0 aliphatic rings. The van der Waals surface area contributed by atoms with Crippen molar-refractivity contribution in [2.45, 2.75) is 65.3 Å². The van der Waals surface area contributed by atoms with Gasteiger partial charge in [0.05, 0.1) is 6.67 Å². The molecule has 0 bridgehead atoms. The van der Waals surface area contributed by atoms with Crippen LogP contribution in [-0.2, 0) is 24.0 Å². The van der Waals surface area contributed by atoms with Gasteiger partial charge in [0.15, 0.2) is 0 Å². The van der Waals surface area contributed by atoms with Crippen LogP contribution in [0.25, 0.3) is 0 Å². The Hall–Kier alpha value is -2.85. The molecule has 0 heterocycles. The Morgan fingerprint density at radius 3 is 1.73 bits per heavy atom. The first-order valence-electron chi connectivity index (χ1n) is 17.7. The van der Waals surface area contributed by atoms with Crippen molar-refractivity contribution in [2.24, 2.45) is 5.41 Å². The van der Waals surface area contributed by atoms with Gasteiger partial charge in [-0.3, -0.25) is 33.8 Å². The average molecular weight is 755 g/mol. The third-order valence-corrected chi connectivity index (χ3v) is 10.9. The summed E-state index contributed by atoms with van der Waals surface area (Å²) in [6.45, 7) is 24.9. The summed E-state index contributed by atoms with van der Waals surface area (Å²) in [6, 6.07) is 0. The zero-order valence-corrected chi connectivity index (χ0v) is 33.7. The van der Waals surface area contributed by atoms with Gasteiger partial charge >= 0.3 is 0 Å². The molecule has 15 heteroatoms. The summed E-state index contributed by atoms with van der Waals surface area (Å²) < 4.78 is 0. The molecule has 0 aromatic heterocycles. The van der Waals surface area contributed by atoms with Gasteiger partial charge < -0.3 is 31.5 Å². The van der Waals surface area contributed by atoms with Crippen LogP contribution in [0.1, 0.15) is 59.8 Å². The largest absolute Gasteiger partial charge is 0.355 e. The first-order chi connectivity index (χ1) is 24.1. The van der Waals surface area contributed by atoms with Gasteiger partial charge in [-0.25, -0.2) is 0 Å². The Kier molecular flexibility index (Phi) is 26.2. The number of amides is 5. The van der Waals surface area contributed by atoms with E-state index in [1.807, 2.05) is 27.9 Å². The van der Waals surface area contributed by atoms with E-state index in [0.717, 1.165) is 44.0 Å². The second kappa shape index (κ2) is 27.8. The molecular formula is C36H66N8O5S2. The smallest absolute Gasteiger partial charge is 0.244 e. The van der Waals surface area contributed by atoms with Gasteiger partial charge in [-0.05, 0) is 63.9 Å². The maximum absolute atomic E-state index is 12.6. The monoisotopic (exact) mass is 754 g/mol. The van der Waals surface area contributed by atoms with Crippen LogP contribution in [0, 0.1) is 5.41 Å². The molecule has 5 N–H and O–H groups in total. The maximum atomic E-state index is 12.6. The molecule has 0 rings (SSSR count). The summed E-state index contributed by atoms with van der Waals surface area (Å²) in [4.78, 5) is 66.7. The Balaban J connectivity index is 4.64. The number of nitrogens with zero attached hydrogens (tertiary/aromatic N) is 3. The minimum absolute atomic E-state index is 0.00980. The van der Waals surface area contributed by atoms with Crippen LogP contribution in [0.4, 0.5) is 0 Å². The molecule has 1 atom stereocenters. The fourth-order valence-electron chi connectivity index (χ4n) is 4.76. The summed E-state index contributed by atoms with van der Waals surface area (Å²) in [5, 5.41) is 14.5. The van der Waals surface area contributed by atoms with Gasteiger partial charge in [-0.1, -0.05) is 62.1 Å². The van der Waals surface area contributed by atoms with E-state index in [9.17, 15) is 24.0 Å². The Morgan fingerprint density at radius 1 is 0.667 bits per heavy atom. The standard InChI is InChI=1S/C36H66N8O5S2/c1-10-30(45)39-27-35(5,6)17-15-33(48)37-18-25-50-51-26-19-38-34(49)16-22-43(29-41-32(47)12-3)20-14-21-44(24-23-42(8)9)36(7,13-4)28-40-31(46)11-2/h10-12H,1-3,13-29H2,4-9H3,(H,37,48)(H,38,49)(H,39,45)(H,40,46)(H,41,47)/t36-/m0/s1. The van der Waals surface area contributed by atoms with Crippen molar-refractivity contribution in [3.8, 4) is 0 Å². The third kappa shape index (κ3) is 24.9. The zero-order valence-electron chi connectivity index (χ0n) is 32.1. The highest BCUT2D eigenvalue weighted by Gasteiger charge is 2.30. The molecular weight excluding hydrogens is 689 g/mol. The maximum Gasteiger partial charge on any atom is 0.244 e. The van der Waals surface area contributed by atoms with E-state index in [0.29, 0.717) is 65.2 Å². The van der Waals surface area contributed by atoms with Crippen LogP contribution < -0.4 is 26.6 Å². The molecule has 13 nitrogen and oxygen atoms in total. The highest BCUT2D eigenvalue weighted by molar-refractivity contribution is 8.76. The summed E-state index contributed by atoms with van der Waals surface area (Å²) in [7, 11) is 7.37. The topological polar surface area (TPSA) is 155 Å². The van der Waals surface area contributed by atoms with Crippen molar-refractivity contribution in [1.29, 1.82) is 0 Å². The van der Waals surface area contributed by atoms with E-state index in [-0.39, 0.29) is 40.5 Å². The fourth-order valence-corrected chi connectivity index (χ4v) is 6.57. The summed E-state index contributed by atoms with van der Waals surface area (Å²) in [6.07, 6.45) is 6.78. The predicted octanol–water partition coefficient (Wildman–Crippen LogP) is 2.39. The van der Waals surface area contributed by atoms with Gasteiger partial charge in [-0.15, -0.1) is 0 Å². The van der Waals surface area contributed by atoms with Crippen LogP contribution in [0.2, 0.25) is 0 Å². The van der Waals surface area contributed by atoms with Gasteiger partial charge in [0.25, 0.3) is 0 Å². The molecule has 0 aliphatic carbocycles. The fraction of sp³-hybridized carbons (Fsp3) is 0.694. The molecule has 0 saturated heterocycles. The van der Waals surface area contributed by atoms with Crippen LogP contribution in [0.15, 0.2) is 38.0 Å². The van der Waals surface area contributed by atoms with Crippen molar-refractivity contribution in [3.63, 3.8) is 0 Å². The van der Waals surface area contributed by atoms with Gasteiger partial charge in [0.1, 0.15) is 0 Å². The molecule has 0 aromatic rings. The normalized spacial score (nSPS) is 12.6. The van der Waals surface area contributed by atoms with E-state index < -0.39 is 0 Å². The highest BCUT2D eigenvalue weighted by atomic mass is 33.1. The van der Waals surface area contributed by atoms with E-state index >= 15 is 0 Å². The first kappa shape index (κ1) is 48.1. The predicted molar refractivity (Wildman–Crippen MR) is 213 cm³/mol. The molecule has 0 aromatic carbocycles. The number of carbonyl (C=O) groups excluding carboxylic acids is 5. The van der Waals surface area contributed by atoms with Crippen molar-refractivity contribution < 1.29 is 24.0 Å². The molecule has 5 amide bonds. The number of hydrogen-bond donors (Lipinski definition) is 5. The first-order valence-corrected chi connectivity index (χ1v) is 20.2. The van der Waals surface area contributed by atoms with Gasteiger partial charge in [0, 0.05) is 88.8 Å². The zero-order chi connectivity index (χ0) is 38.7. The number of likely N-dealkylation sites (N-methyl/N-ethyl adjacent to an activating group) is 1. The molecule has 0 fully saturated rings. The summed E-state index contributed by atoms with van der Waals surface area (Å²) >= 11 is 0. The minimum atomic E-state index is -0.266. The van der Waals surface area contributed by atoms with Crippen LogP contribution in [0.3, 0.4) is 0 Å². The average Bonchev–Trinajstić information content (AvgIpc) is 3.11. The second-order valence-corrected chi connectivity index (χ2v) is 16.3. The lowest BCUT2D eigenvalue weighted by Crippen LogP contribution is -2.55. The molecule has 0 aliphatic heterocycles. The Bertz CT molecular complexity index is 1110. The molecule has 51 heavy (non-hydrogen) atoms. The van der Waals surface area contributed by atoms with E-state index in [4.69, 9.17) is 0 Å². The molecule has 0 saturated carbocycles. The minimum Gasteiger partial charge on any atom is -0.355 e. The van der Waals surface area contributed by atoms with Crippen LogP contribution >= 0.6 is 21.6 Å². The second-order valence-electron chi connectivity index (χ2n) is 13.6. The lowest BCUT2D eigenvalue weighted by atomic mass is 9.87. The molecule has 0 unspecified atom stereocenters. The lowest BCUT2D eigenvalue weighted by molar-refractivity contribution is -0.122. The summed E-state index contributed by atoms with van der Waals surface area (Å²) in [5.41, 5.74) is -0.436. The van der Waals surface area contributed by atoms with Crippen LogP contribution in [-0.4, -0.2) is 141 Å². The number of rotatable bonds is 31. The van der Waals surface area contributed by atoms with Gasteiger partial charge in [0.2, 0.25) is 29.5 Å². The highest BCUT2D eigenvalue weighted by Crippen LogP contribution is 2.22. The van der Waals surface area contributed by atoms with E-state index in [1.165, 1.54) is 18.2 Å². The lowest BCUT2D eigenvalue weighted by Gasteiger charge is -2.42. The number of carbonyl (C=O) groups is 5. The van der Waals surface area contributed by atoms with Crippen molar-refractivity contribution >= 4 is 51.1 Å². The molecule has 0 spiro atoms. The van der Waals surface area contributed by atoms with Crippen molar-refractivity contribution in [2.75, 3.05) is 91.2 Å². The van der Waals surface area contributed by atoms with Crippen molar-refractivity contribution in [1.82, 2.24) is 41.3 Å². The van der Waals surface area contributed by atoms with E-state index in [1.54, 1.807) is 21.6 Å². The Labute approximate surface area is 315 Å². The van der Waals surface area contributed by atoms with Gasteiger partial charge in [-0.2, -0.15) is 0 Å². The molecule has 292 valence electrons. The quantitative estimate of drug-likeness (QED) is 0.0309. The third-order valence-electron chi connectivity index (χ3n) is 8.44. The molecule has 0 radical (unpaired) electrons. The Morgan fingerprint density at radius 2 is 1.20 bits per heavy atom. The van der Waals surface area contributed by atoms with Crippen LogP contribution in [0.5, 0.6) is 0 Å².